The molecule has 0 rings (SSSR count). The Morgan fingerprint density at radius 2 is 1.25 bits per heavy atom. The van der Waals surface area contributed by atoms with E-state index in [1.807, 2.05) is 0 Å². The van der Waals surface area contributed by atoms with E-state index < -0.39 is 0 Å². The fraction of sp³-hybridized carbons (Fsp3) is 0. The van der Waals surface area contributed by atoms with Gasteiger partial charge in [0.2, 0.25) is 0 Å². The van der Waals surface area contributed by atoms with Gasteiger partial charge < -0.3 is 0 Å². The van der Waals surface area contributed by atoms with E-state index in [0.717, 1.165) is 0 Å². The summed E-state index contributed by atoms with van der Waals surface area (Å²) in [5, 5.41) is 0. The van der Waals surface area contributed by atoms with Crippen molar-refractivity contribution >= 4 is 0 Å². The summed E-state index contributed by atoms with van der Waals surface area (Å²) in [4.78, 5) is 0. The molecule has 0 atom stereocenters. The summed E-state index contributed by atoms with van der Waals surface area (Å²) in [5.74, 6) is 0. The maximum atomic E-state index is 8.34. The number of rotatable bonds is 0. The summed E-state index contributed by atoms with van der Waals surface area (Å²) in [5.41, 5.74) is 0. The molecule has 0 unspecified atom stereocenters. The Morgan fingerprint density at radius 1 is 1.25 bits per heavy atom. The van der Waals surface area contributed by atoms with Crippen LogP contribution in [-0.2, 0) is 51.8 Å². The second-order valence-corrected chi connectivity index (χ2v) is 0. The molecule has 0 aliphatic rings. The Balaban J connectivity index is 0. The number of hydrogen-bond acceptors (Lipinski definition) is 2. The molecule has 0 spiro atoms. The van der Waals surface area contributed by atoms with Crippen molar-refractivity contribution in [3.05, 3.63) is 0 Å². The molecule has 0 aromatic heterocycles. The van der Waals surface area contributed by atoms with Gasteiger partial charge in [0.15, 0.2) is 0 Å². The molecular weight excluding hydrogens is 216 g/mol. The molecule has 0 amide bonds. The molecule has 0 radical (unpaired) electrons. The average Bonchev–Trinajstić information content (AvgIpc) is 1.50. The monoisotopic (exact) mass is 215 g/mol. The van der Waals surface area contributed by atoms with Crippen molar-refractivity contribution < 1.29 is 51.8 Å². The van der Waals surface area contributed by atoms with Crippen molar-refractivity contribution in [2.45, 2.75) is 0 Å². The predicted octanol–water partition coefficient (Wildman–Crippen LogP) is -0.243. The zero-order valence-electron chi connectivity index (χ0n) is 1.76. The van der Waals surface area contributed by atoms with Gasteiger partial charge in [0.1, 0.15) is 0 Å². The first kappa shape index (κ1) is 8.97. The Hall–Kier alpha value is 1.22. The maximum absolute atomic E-state index is 8.34. The minimum atomic E-state index is 0.300. The normalized spacial score (nSPS) is 1.50. The second-order valence-electron chi connectivity index (χ2n) is 0. The first-order valence-electron chi connectivity index (χ1n) is 0.387. The van der Waals surface area contributed by atoms with Gasteiger partial charge in [-0.15, -0.1) is 0 Å². The van der Waals surface area contributed by atoms with Crippen LogP contribution in [0.4, 0.5) is 0 Å². The first-order chi connectivity index (χ1) is 2.00. The van der Waals surface area contributed by atoms with E-state index in [9.17, 15) is 0 Å². The molecule has 0 saturated heterocycles. The van der Waals surface area contributed by atoms with Crippen LogP contribution in [-0.4, -0.2) is 0 Å². The predicted molar refractivity (Wildman–Crippen MR) is 1.37 cm³/mol. The summed E-state index contributed by atoms with van der Waals surface area (Å²) < 4.78 is 16.6. The Bertz CT molecular complexity index is 8.00. The molecule has 4 heteroatoms. The van der Waals surface area contributed by atoms with Crippen LogP contribution >= 0.6 is 0 Å². The van der Waals surface area contributed by atoms with Gasteiger partial charge in [0, 0.05) is 0 Å². The SMILES string of the molecule is [O]=[Nb].[O]=[Zr]. The molecule has 0 N–H and O–H groups in total. The van der Waals surface area contributed by atoms with Crippen molar-refractivity contribution in [2.24, 2.45) is 0 Å². The van der Waals surface area contributed by atoms with Gasteiger partial charge in [0.25, 0.3) is 0 Å². The average molecular weight is 216 g/mol. The van der Waals surface area contributed by atoms with E-state index in [1.54, 1.807) is 0 Å². The molecule has 0 heterocycles. The Labute approximate surface area is 51.5 Å². The van der Waals surface area contributed by atoms with Crippen LogP contribution in [0.15, 0.2) is 0 Å². The van der Waals surface area contributed by atoms with Gasteiger partial charge in [-0.1, -0.05) is 0 Å². The third kappa shape index (κ3) is 10.6. The molecular formula is NbO2Zr. The van der Waals surface area contributed by atoms with Crippen LogP contribution in [0.3, 0.4) is 0 Å². The van der Waals surface area contributed by atoms with Crippen LogP contribution < -0.4 is 0 Å². The zero-order valence-corrected chi connectivity index (χ0v) is 6.42. The molecule has 21 valence electrons. The van der Waals surface area contributed by atoms with Crippen molar-refractivity contribution in [1.82, 2.24) is 0 Å². The van der Waals surface area contributed by atoms with E-state index in [0.29, 0.717) is 45.8 Å². The van der Waals surface area contributed by atoms with Gasteiger partial charge in [0.05, 0.1) is 0 Å². The molecule has 0 saturated carbocycles. The Kier molecular flexibility index (Phi) is 65.7. The van der Waals surface area contributed by atoms with Crippen molar-refractivity contribution in [1.29, 1.82) is 0 Å². The van der Waals surface area contributed by atoms with Crippen molar-refractivity contribution in [2.75, 3.05) is 0 Å². The van der Waals surface area contributed by atoms with Crippen LogP contribution in [0, 0.1) is 0 Å². The van der Waals surface area contributed by atoms with Crippen LogP contribution in [0.25, 0.3) is 0 Å². The molecule has 0 bridgehead atoms. The molecule has 4 heavy (non-hydrogen) atoms. The zero-order chi connectivity index (χ0) is 4.00. The molecule has 0 aliphatic heterocycles. The van der Waals surface area contributed by atoms with Gasteiger partial charge >= 0.3 is 51.8 Å². The molecule has 0 aromatic rings. The van der Waals surface area contributed by atoms with Gasteiger partial charge in [-0.2, -0.15) is 0 Å². The van der Waals surface area contributed by atoms with Crippen molar-refractivity contribution in [3.63, 3.8) is 0 Å². The summed E-state index contributed by atoms with van der Waals surface area (Å²) in [7, 11) is 0. The Morgan fingerprint density at radius 3 is 1.25 bits per heavy atom. The summed E-state index contributed by atoms with van der Waals surface area (Å²) >= 11 is 0.800. The van der Waals surface area contributed by atoms with Crippen LogP contribution in [0.2, 0.25) is 0 Å². The summed E-state index contributed by atoms with van der Waals surface area (Å²) in [6.07, 6.45) is 0. The number of hydrogen-bond donors (Lipinski definition) is 0. The summed E-state index contributed by atoms with van der Waals surface area (Å²) in [6, 6.07) is 0. The molecule has 2 nitrogen and oxygen atoms in total. The quantitative estimate of drug-likeness (QED) is 0.523. The van der Waals surface area contributed by atoms with Crippen molar-refractivity contribution in [3.8, 4) is 0 Å². The third-order valence-corrected chi connectivity index (χ3v) is 0. The van der Waals surface area contributed by atoms with E-state index in [1.165, 1.54) is 0 Å². The fourth-order valence-corrected chi connectivity index (χ4v) is 0. The topological polar surface area (TPSA) is 34.1 Å². The fourth-order valence-electron chi connectivity index (χ4n) is 0. The molecule has 0 aliphatic carbocycles. The van der Waals surface area contributed by atoms with Crippen LogP contribution in [0.1, 0.15) is 0 Å². The van der Waals surface area contributed by atoms with Gasteiger partial charge in [-0.25, -0.2) is 0 Å². The standard InChI is InChI=1S/Nb.2O.Zr. The van der Waals surface area contributed by atoms with E-state index in [-0.39, 0.29) is 0 Å². The second kappa shape index (κ2) is 29.3. The van der Waals surface area contributed by atoms with Gasteiger partial charge in [-0.3, -0.25) is 0 Å². The first-order valence-corrected chi connectivity index (χ1v) is 2.29. The minimum absolute atomic E-state index is 0.300. The third-order valence-electron chi connectivity index (χ3n) is 0. The van der Waals surface area contributed by atoms with Crippen LogP contribution in [0.5, 0.6) is 0 Å². The van der Waals surface area contributed by atoms with E-state index in [2.05, 4.69) is 0 Å². The molecule has 0 aromatic carbocycles. The summed E-state index contributed by atoms with van der Waals surface area (Å²) in [6.45, 7) is 0. The van der Waals surface area contributed by atoms with E-state index in [4.69, 9.17) is 6.06 Å². The molecule has 0 fully saturated rings. The van der Waals surface area contributed by atoms with Gasteiger partial charge in [-0.05, 0) is 0 Å². The van der Waals surface area contributed by atoms with E-state index >= 15 is 0 Å².